The molecule has 7 nitrogen and oxygen atoms in total. The van der Waals surface area contributed by atoms with Gasteiger partial charge in [-0.25, -0.2) is 0 Å². The predicted molar refractivity (Wildman–Crippen MR) is 94.2 cm³/mol. The molecule has 0 fully saturated rings. The van der Waals surface area contributed by atoms with Gasteiger partial charge in [-0.05, 0) is 43.1 Å². The number of benzene rings is 2. The molecule has 0 radical (unpaired) electrons. The summed E-state index contributed by atoms with van der Waals surface area (Å²) < 4.78 is 5.47. The molecule has 9 heteroatoms. The number of anilines is 1. The Bertz CT molecular complexity index is 887. The van der Waals surface area contributed by atoms with Gasteiger partial charge < -0.3 is 15.0 Å². The average Bonchev–Trinajstić information content (AvgIpc) is 2.76. The van der Waals surface area contributed by atoms with Crippen molar-refractivity contribution in [3.8, 4) is 0 Å². The van der Waals surface area contributed by atoms with Crippen LogP contribution in [-0.4, -0.2) is 23.0 Å². The topological polar surface area (TPSA) is 102 Å². The normalized spacial score (nSPS) is 15.0. The molecule has 1 aliphatic heterocycles. The van der Waals surface area contributed by atoms with E-state index in [4.69, 9.17) is 16.3 Å². The lowest BCUT2D eigenvalue weighted by Gasteiger charge is -2.19. The highest BCUT2D eigenvalue weighted by Gasteiger charge is 2.40. The molecule has 0 aliphatic carbocycles. The summed E-state index contributed by atoms with van der Waals surface area (Å²) in [6, 6.07) is 8.69. The van der Waals surface area contributed by atoms with E-state index in [9.17, 15) is 19.9 Å². The number of carbonyl (C=O) groups excluding carboxylic acids is 1. The van der Waals surface area contributed by atoms with Gasteiger partial charge in [-0.2, -0.15) is 0 Å². The largest absolute Gasteiger partial charge is 0.492 e. The summed E-state index contributed by atoms with van der Waals surface area (Å²) in [5.41, 5.74) is 0.953. The van der Waals surface area contributed by atoms with E-state index < -0.39 is 23.5 Å². The minimum Gasteiger partial charge on any atom is -0.423 e. The molecule has 2 aromatic rings. The van der Waals surface area contributed by atoms with E-state index in [-0.39, 0.29) is 16.3 Å². The Hall–Kier alpha value is -2.42. The predicted octanol–water partition coefficient (Wildman–Crippen LogP) is 2.45. The number of fused-ring (bicyclic) bond motifs is 1. The average molecular weight is 361 g/mol. The molecule has 128 valence electrons. The van der Waals surface area contributed by atoms with Crippen LogP contribution in [0, 0.1) is 10.1 Å². The fraction of sp³-hybridized carbons (Fsp3) is 0.188. The zero-order chi connectivity index (χ0) is 18.4. The maximum absolute atomic E-state index is 12.4. The van der Waals surface area contributed by atoms with Gasteiger partial charge in [-0.3, -0.25) is 14.9 Å². The van der Waals surface area contributed by atoms with Crippen molar-refractivity contribution in [1.29, 1.82) is 0 Å². The Morgan fingerprint density at radius 1 is 1.32 bits per heavy atom. The Kier molecular flexibility index (Phi) is 4.28. The summed E-state index contributed by atoms with van der Waals surface area (Å²) in [7, 11) is -1.08. The number of non-ortho nitro benzene ring substituents is 1. The smallest absolute Gasteiger partial charge is 0.423 e. The zero-order valence-electron chi connectivity index (χ0n) is 13.4. The van der Waals surface area contributed by atoms with Gasteiger partial charge in [0.1, 0.15) is 0 Å². The van der Waals surface area contributed by atoms with Gasteiger partial charge in [0.05, 0.1) is 21.1 Å². The first-order valence-electron chi connectivity index (χ1n) is 7.44. The summed E-state index contributed by atoms with van der Waals surface area (Å²) >= 11 is 5.97. The van der Waals surface area contributed by atoms with Crippen molar-refractivity contribution in [2.45, 2.75) is 19.4 Å². The number of nitro groups is 1. The minimum atomic E-state index is -1.08. The number of hydrogen-bond donors (Lipinski definition) is 2. The van der Waals surface area contributed by atoms with Crippen LogP contribution < -0.4 is 10.8 Å². The number of nitrogens with zero attached hydrogens (tertiary/aromatic N) is 1. The van der Waals surface area contributed by atoms with Gasteiger partial charge in [0.25, 0.3) is 11.6 Å². The van der Waals surface area contributed by atoms with Crippen LogP contribution in [0.15, 0.2) is 36.4 Å². The van der Waals surface area contributed by atoms with E-state index in [0.717, 1.165) is 11.6 Å². The van der Waals surface area contributed by atoms with Crippen molar-refractivity contribution < 1.29 is 19.4 Å². The van der Waals surface area contributed by atoms with Crippen molar-refractivity contribution in [3.63, 3.8) is 0 Å². The van der Waals surface area contributed by atoms with E-state index >= 15 is 0 Å². The summed E-state index contributed by atoms with van der Waals surface area (Å²) in [5, 5.41) is 23.6. The molecule has 1 amide bonds. The molecular weight excluding hydrogens is 346 g/mol. The van der Waals surface area contributed by atoms with Crippen molar-refractivity contribution in [3.05, 3.63) is 62.7 Å². The third-order valence-electron chi connectivity index (χ3n) is 4.04. The number of nitro benzene ring substituents is 1. The summed E-state index contributed by atoms with van der Waals surface area (Å²) in [6.45, 7) is 3.67. The van der Waals surface area contributed by atoms with Gasteiger partial charge in [-0.15, -0.1) is 0 Å². The van der Waals surface area contributed by atoms with Gasteiger partial charge in [-0.1, -0.05) is 17.7 Å². The summed E-state index contributed by atoms with van der Waals surface area (Å²) in [4.78, 5) is 22.7. The lowest BCUT2D eigenvalue weighted by atomic mass is 9.78. The van der Waals surface area contributed by atoms with Gasteiger partial charge in [0.2, 0.25) is 0 Å². The number of rotatable bonds is 3. The molecule has 0 spiro atoms. The Morgan fingerprint density at radius 2 is 2.04 bits per heavy atom. The van der Waals surface area contributed by atoms with E-state index in [1.54, 1.807) is 18.2 Å². The maximum Gasteiger partial charge on any atom is 0.492 e. The number of hydrogen-bond acceptors (Lipinski definition) is 5. The van der Waals surface area contributed by atoms with Crippen molar-refractivity contribution >= 4 is 41.5 Å². The number of carbonyl (C=O) groups is 1. The number of halogens is 1. The molecule has 2 N–H and O–H groups in total. The third kappa shape index (κ3) is 3.24. The molecule has 0 atom stereocenters. The van der Waals surface area contributed by atoms with E-state index in [1.165, 1.54) is 12.1 Å². The van der Waals surface area contributed by atoms with Crippen molar-refractivity contribution in [2.24, 2.45) is 0 Å². The molecule has 25 heavy (non-hydrogen) atoms. The van der Waals surface area contributed by atoms with E-state index in [2.05, 4.69) is 5.32 Å². The first-order chi connectivity index (χ1) is 11.7. The number of amides is 1. The Labute approximate surface area is 148 Å². The van der Waals surface area contributed by atoms with Crippen LogP contribution in [0.25, 0.3) is 0 Å². The third-order valence-corrected chi connectivity index (χ3v) is 4.37. The molecule has 1 aliphatic rings. The molecule has 3 rings (SSSR count). The van der Waals surface area contributed by atoms with Crippen LogP contribution >= 0.6 is 11.6 Å². The second-order valence-electron chi connectivity index (χ2n) is 6.16. The lowest BCUT2D eigenvalue weighted by Crippen LogP contribution is -2.29. The summed E-state index contributed by atoms with van der Waals surface area (Å²) in [5.74, 6) is -0.582. The van der Waals surface area contributed by atoms with Crippen LogP contribution in [-0.2, 0) is 10.3 Å². The van der Waals surface area contributed by atoms with Crippen LogP contribution in [0.3, 0.4) is 0 Å². The number of nitrogens with one attached hydrogen (secondary N) is 1. The van der Waals surface area contributed by atoms with E-state index in [0.29, 0.717) is 11.2 Å². The van der Waals surface area contributed by atoms with Crippen LogP contribution in [0.4, 0.5) is 11.4 Å². The highest BCUT2D eigenvalue weighted by molar-refractivity contribution is 6.62. The molecule has 0 bridgehead atoms. The lowest BCUT2D eigenvalue weighted by molar-refractivity contribution is -0.384. The fourth-order valence-electron chi connectivity index (χ4n) is 2.80. The molecule has 0 unspecified atom stereocenters. The second-order valence-corrected chi connectivity index (χ2v) is 6.57. The van der Waals surface area contributed by atoms with Gasteiger partial charge in [0, 0.05) is 17.8 Å². The monoisotopic (exact) mass is 360 g/mol. The van der Waals surface area contributed by atoms with E-state index in [1.807, 2.05) is 13.8 Å². The molecular formula is C16H14BClN2O5. The minimum absolute atomic E-state index is 0.00602. The molecule has 0 saturated heterocycles. The van der Waals surface area contributed by atoms with Crippen molar-refractivity contribution in [2.75, 3.05) is 5.32 Å². The second kappa shape index (κ2) is 6.14. The Morgan fingerprint density at radius 3 is 2.72 bits per heavy atom. The van der Waals surface area contributed by atoms with Gasteiger partial charge >= 0.3 is 7.12 Å². The maximum atomic E-state index is 12.4. The SMILES string of the molecule is CC1(C)OB(O)c2cc(NC(=O)c3cc([N+](=O)[O-])ccc3Cl)ccc21. The van der Waals surface area contributed by atoms with Crippen molar-refractivity contribution in [1.82, 2.24) is 0 Å². The highest BCUT2D eigenvalue weighted by atomic mass is 35.5. The zero-order valence-corrected chi connectivity index (χ0v) is 14.2. The standard InChI is InChI=1S/C16H14BClN2O5/c1-16(2)12-5-3-9(7-13(12)17(22)25-16)19-15(21)11-8-10(20(23)24)4-6-14(11)18/h3-8,22H,1-2H3,(H,19,21). The Balaban J connectivity index is 1.89. The summed E-state index contributed by atoms with van der Waals surface area (Å²) in [6.07, 6.45) is 0. The molecule has 0 saturated carbocycles. The van der Waals surface area contributed by atoms with Crippen LogP contribution in [0.2, 0.25) is 5.02 Å². The molecule has 2 aromatic carbocycles. The quantitative estimate of drug-likeness (QED) is 0.497. The first-order valence-corrected chi connectivity index (χ1v) is 7.82. The molecule has 1 heterocycles. The van der Waals surface area contributed by atoms with Crippen LogP contribution in [0.5, 0.6) is 0 Å². The highest BCUT2D eigenvalue weighted by Crippen LogP contribution is 2.31. The van der Waals surface area contributed by atoms with Crippen LogP contribution in [0.1, 0.15) is 29.8 Å². The fourth-order valence-corrected chi connectivity index (χ4v) is 3.00. The van der Waals surface area contributed by atoms with Gasteiger partial charge in [0.15, 0.2) is 0 Å². The first kappa shape index (κ1) is 17.4. The molecule has 0 aromatic heterocycles.